The van der Waals surface area contributed by atoms with Crippen molar-refractivity contribution in [2.45, 2.75) is 37.6 Å². The number of hydrogen-bond donors (Lipinski definition) is 1. The van der Waals surface area contributed by atoms with Gasteiger partial charge in [0.2, 0.25) is 0 Å². The fraction of sp³-hybridized carbons (Fsp3) is 0.632. The van der Waals surface area contributed by atoms with Crippen molar-refractivity contribution in [2.75, 3.05) is 39.1 Å². The standard InChI is InChI=1S/C19H28FN3OS.HI/c1-3-21-18(22-13-15-12-16(20)4-5-17(15)25-2)23-9-6-19(14-23)7-10-24-11-8-19;/h4-5,12H,3,6-11,13-14H2,1-2H3,(H,21,22);1H. The predicted octanol–water partition coefficient (Wildman–Crippen LogP) is 4.13. The Morgan fingerprint density at radius 1 is 1.35 bits per heavy atom. The van der Waals surface area contributed by atoms with Gasteiger partial charge in [0.05, 0.1) is 6.54 Å². The minimum absolute atomic E-state index is 0. The van der Waals surface area contributed by atoms with Crippen molar-refractivity contribution < 1.29 is 9.13 Å². The maximum Gasteiger partial charge on any atom is 0.194 e. The Labute approximate surface area is 177 Å². The van der Waals surface area contributed by atoms with Crippen molar-refractivity contribution in [1.82, 2.24) is 10.2 Å². The zero-order valence-corrected chi connectivity index (χ0v) is 18.7. The van der Waals surface area contributed by atoms with Crippen molar-refractivity contribution in [3.05, 3.63) is 29.6 Å². The van der Waals surface area contributed by atoms with Crippen LogP contribution < -0.4 is 5.32 Å². The van der Waals surface area contributed by atoms with Gasteiger partial charge >= 0.3 is 0 Å². The molecule has 2 aliphatic rings. The molecule has 2 fully saturated rings. The fourth-order valence-corrected chi connectivity index (χ4v) is 4.37. The van der Waals surface area contributed by atoms with Crippen LogP contribution in [0.2, 0.25) is 0 Å². The van der Waals surface area contributed by atoms with E-state index in [0.717, 1.165) is 62.1 Å². The van der Waals surface area contributed by atoms with Crippen LogP contribution in [0, 0.1) is 11.2 Å². The number of guanidine groups is 1. The third kappa shape index (κ3) is 5.25. The monoisotopic (exact) mass is 493 g/mol. The van der Waals surface area contributed by atoms with E-state index in [1.54, 1.807) is 17.8 Å². The smallest absolute Gasteiger partial charge is 0.194 e. The molecule has 0 saturated carbocycles. The number of hydrogen-bond acceptors (Lipinski definition) is 3. The lowest BCUT2D eigenvalue weighted by Gasteiger charge is -2.33. The first-order valence-corrected chi connectivity index (χ1v) is 10.3. The molecular weight excluding hydrogens is 464 g/mol. The van der Waals surface area contributed by atoms with E-state index in [4.69, 9.17) is 9.73 Å². The average Bonchev–Trinajstić information content (AvgIpc) is 3.02. The number of benzene rings is 1. The quantitative estimate of drug-likeness (QED) is 0.296. The Kier molecular flexibility index (Phi) is 8.47. The van der Waals surface area contributed by atoms with Gasteiger partial charge in [-0.1, -0.05) is 0 Å². The molecular formula is C19H29FIN3OS. The molecule has 146 valence electrons. The van der Waals surface area contributed by atoms with Crippen LogP contribution in [0.1, 0.15) is 31.7 Å². The van der Waals surface area contributed by atoms with Crippen LogP contribution in [0.5, 0.6) is 0 Å². The number of thioether (sulfide) groups is 1. The molecule has 0 atom stereocenters. The van der Waals surface area contributed by atoms with Gasteiger partial charge in [-0.05, 0) is 61.6 Å². The molecule has 4 nitrogen and oxygen atoms in total. The maximum absolute atomic E-state index is 13.6. The molecule has 0 bridgehead atoms. The second-order valence-electron chi connectivity index (χ2n) is 6.91. The Bertz CT molecular complexity index is 623. The molecule has 0 unspecified atom stereocenters. The topological polar surface area (TPSA) is 36.9 Å². The van der Waals surface area contributed by atoms with E-state index in [2.05, 4.69) is 17.1 Å². The molecule has 2 saturated heterocycles. The summed E-state index contributed by atoms with van der Waals surface area (Å²) in [6, 6.07) is 4.95. The van der Waals surface area contributed by atoms with Crippen LogP contribution in [0.4, 0.5) is 4.39 Å². The van der Waals surface area contributed by atoms with Gasteiger partial charge in [0, 0.05) is 37.7 Å². The van der Waals surface area contributed by atoms with Crippen LogP contribution >= 0.6 is 35.7 Å². The third-order valence-electron chi connectivity index (χ3n) is 5.27. The predicted molar refractivity (Wildman–Crippen MR) is 117 cm³/mol. The van der Waals surface area contributed by atoms with Gasteiger partial charge in [0.25, 0.3) is 0 Å². The highest BCUT2D eigenvalue weighted by Gasteiger charge is 2.40. The SMILES string of the molecule is CCNC(=NCc1cc(F)ccc1SC)N1CCC2(CCOCC2)C1.I. The number of nitrogens with zero attached hydrogens (tertiary/aromatic N) is 2. The van der Waals surface area contributed by atoms with E-state index in [-0.39, 0.29) is 29.8 Å². The van der Waals surface area contributed by atoms with E-state index in [0.29, 0.717) is 12.0 Å². The van der Waals surface area contributed by atoms with Gasteiger partial charge in [0.1, 0.15) is 5.82 Å². The molecule has 1 N–H and O–H groups in total. The molecule has 1 aromatic rings. The number of likely N-dealkylation sites (tertiary alicyclic amines) is 1. The van der Waals surface area contributed by atoms with Crippen molar-refractivity contribution in [3.63, 3.8) is 0 Å². The van der Waals surface area contributed by atoms with Crippen molar-refractivity contribution in [2.24, 2.45) is 10.4 Å². The van der Waals surface area contributed by atoms with Gasteiger partial charge < -0.3 is 15.0 Å². The number of nitrogens with one attached hydrogen (secondary N) is 1. The highest BCUT2D eigenvalue weighted by molar-refractivity contribution is 14.0. The summed E-state index contributed by atoms with van der Waals surface area (Å²) in [6.45, 7) is 7.26. The van der Waals surface area contributed by atoms with E-state index in [9.17, 15) is 4.39 Å². The van der Waals surface area contributed by atoms with Crippen molar-refractivity contribution in [3.8, 4) is 0 Å². The van der Waals surface area contributed by atoms with E-state index in [1.165, 1.54) is 12.5 Å². The minimum Gasteiger partial charge on any atom is -0.381 e. The first kappa shape index (κ1) is 21.8. The van der Waals surface area contributed by atoms with Crippen LogP contribution in [-0.2, 0) is 11.3 Å². The maximum atomic E-state index is 13.6. The van der Waals surface area contributed by atoms with Crippen LogP contribution in [0.25, 0.3) is 0 Å². The molecule has 3 rings (SSSR count). The lowest BCUT2D eigenvalue weighted by atomic mass is 9.80. The fourth-order valence-electron chi connectivity index (χ4n) is 3.79. The van der Waals surface area contributed by atoms with Gasteiger partial charge in [-0.25, -0.2) is 9.38 Å². The zero-order chi connectivity index (χ0) is 17.7. The van der Waals surface area contributed by atoms with Crippen LogP contribution in [0.3, 0.4) is 0 Å². The summed E-state index contributed by atoms with van der Waals surface area (Å²) in [6.07, 6.45) is 5.50. The van der Waals surface area contributed by atoms with Gasteiger partial charge in [0.15, 0.2) is 5.96 Å². The first-order chi connectivity index (χ1) is 12.2. The highest BCUT2D eigenvalue weighted by atomic mass is 127. The van der Waals surface area contributed by atoms with Crippen molar-refractivity contribution in [1.29, 1.82) is 0 Å². The molecule has 0 radical (unpaired) electrons. The molecule has 0 aromatic heterocycles. The Balaban J connectivity index is 0.00000243. The summed E-state index contributed by atoms with van der Waals surface area (Å²) in [5, 5.41) is 3.41. The lowest BCUT2D eigenvalue weighted by molar-refractivity contribution is 0.0217. The van der Waals surface area contributed by atoms with Crippen LogP contribution in [0.15, 0.2) is 28.1 Å². The Morgan fingerprint density at radius 3 is 2.81 bits per heavy atom. The summed E-state index contributed by atoms with van der Waals surface area (Å²) in [7, 11) is 0. The number of ether oxygens (including phenoxy) is 1. The van der Waals surface area contributed by atoms with Crippen molar-refractivity contribution >= 4 is 41.7 Å². The third-order valence-corrected chi connectivity index (χ3v) is 6.11. The largest absolute Gasteiger partial charge is 0.381 e. The Morgan fingerprint density at radius 2 is 2.12 bits per heavy atom. The molecule has 2 heterocycles. The summed E-state index contributed by atoms with van der Waals surface area (Å²) < 4.78 is 19.1. The van der Waals surface area contributed by atoms with E-state index >= 15 is 0 Å². The molecule has 0 amide bonds. The summed E-state index contributed by atoms with van der Waals surface area (Å²) in [4.78, 5) is 8.27. The number of halogens is 2. The molecule has 1 spiro atoms. The van der Waals surface area contributed by atoms with Gasteiger partial charge in [-0.15, -0.1) is 35.7 Å². The van der Waals surface area contributed by atoms with Gasteiger partial charge in [-0.2, -0.15) is 0 Å². The van der Waals surface area contributed by atoms with E-state index < -0.39 is 0 Å². The van der Waals surface area contributed by atoms with E-state index in [1.807, 2.05) is 12.3 Å². The zero-order valence-electron chi connectivity index (χ0n) is 15.6. The average molecular weight is 493 g/mol. The minimum atomic E-state index is -0.199. The second-order valence-corrected chi connectivity index (χ2v) is 7.76. The lowest BCUT2D eigenvalue weighted by Crippen LogP contribution is -2.42. The molecule has 0 aliphatic carbocycles. The number of aliphatic imine (C=N–C) groups is 1. The summed E-state index contributed by atoms with van der Waals surface area (Å²) in [5.41, 5.74) is 1.33. The normalized spacial score (nSPS) is 19.5. The molecule has 26 heavy (non-hydrogen) atoms. The first-order valence-electron chi connectivity index (χ1n) is 9.09. The van der Waals surface area contributed by atoms with Gasteiger partial charge in [-0.3, -0.25) is 0 Å². The highest BCUT2D eigenvalue weighted by Crippen LogP contribution is 2.39. The summed E-state index contributed by atoms with van der Waals surface area (Å²) >= 11 is 1.64. The summed E-state index contributed by atoms with van der Waals surface area (Å²) in [5.74, 6) is 0.748. The number of rotatable bonds is 4. The van der Waals surface area contributed by atoms with Crippen LogP contribution in [-0.4, -0.2) is 50.0 Å². The Hall–Kier alpha value is -0.540. The second kappa shape index (κ2) is 10.1. The molecule has 1 aromatic carbocycles. The molecule has 2 aliphatic heterocycles. The molecule has 7 heteroatoms.